The minimum Gasteiger partial charge on any atom is -0.504 e. The second-order valence-corrected chi connectivity index (χ2v) is 37.4. The zero-order valence-electron chi connectivity index (χ0n) is 66.9. The molecule has 0 spiro atoms. The van der Waals surface area contributed by atoms with E-state index in [1.807, 2.05) is 107 Å². The van der Waals surface area contributed by atoms with Gasteiger partial charge in [0.1, 0.15) is 12.2 Å². The molecule has 0 saturated heterocycles. The van der Waals surface area contributed by atoms with Crippen LogP contribution in [-0.2, 0) is 108 Å². The molecule has 12 rings (SSSR count). The van der Waals surface area contributed by atoms with Crippen LogP contribution in [0.5, 0.6) is 46.0 Å². The minimum atomic E-state index is -4.80. The third kappa shape index (κ3) is 25.1. The van der Waals surface area contributed by atoms with Crippen molar-refractivity contribution >= 4 is 29.5 Å². The van der Waals surface area contributed by atoms with Crippen molar-refractivity contribution in [1.82, 2.24) is 19.6 Å². The van der Waals surface area contributed by atoms with Gasteiger partial charge in [-0.25, -0.2) is 25.3 Å². The zero-order valence-corrected chi connectivity index (χ0v) is 69.3. The number of sulfone groups is 3. The first-order chi connectivity index (χ1) is 52.6. The first kappa shape index (κ1) is 87.6. The summed E-state index contributed by atoms with van der Waals surface area (Å²) in [6, 6.07) is 45.4. The molecule has 0 saturated carbocycles. The van der Waals surface area contributed by atoms with E-state index in [0.29, 0.717) is 69.1 Å². The Kier molecular flexibility index (Phi) is 29.5. The van der Waals surface area contributed by atoms with Crippen LogP contribution in [0, 0.1) is 6.92 Å². The minimum absolute atomic E-state index is 0.0139. The highest BCUT2D eigenvalue weighted by molar-refractivity contribution is 7.91. The summed E-state index contributed by atoms with van der Waals surface area (Å²) in [5.74, 6) is 1.61. The Morgan fingerprint density at radius 1 is 0.429 bits per heavy atom. The van der Waals surface area contributed by atoms with E-state index < -0.39 is 35.9 Å². The summed E-state index contributed by atoms with van der Waals surface area (Å²) >= 11 is 0. The predicted molar refractivity (Wildman–Crippen MR) is 431 cm³/mol. The molecule has 4 atom stereocenters. The number of benzene rings is 8. The topological polar surface area (TPSA) is 242 Å². The largest absolute Gasteiger partial charge is 0.573 e. The summed E-state index contributed by atoms with van der Waals surface area (Å²) in [4.78, 5) is 10.7. The molecule has 4 aliphatic heterocycles. The first-order valence-corrected chi connectivity index (χ1v) is 43.7. The van der Waals surface area contributed by atoms with Gasteiger partial charge in [-0.05, 0) is 266 Å². The molecule has 19 nitrogen and oxygen atoms in total. The molecule has 4 N–H and O–H groups in total. The molecule has 0 aromatic heterocycles. The van der Waals surface area contributed by atoms with Gasteiger partial charge in [0.15, 0.2) is 75.5 Å². The summed E-state index contributed by atoms with van der Waals surface area (Å²) < 4.78 is 135. The Labute approximate surface area is 660 Å². The van der Waals surface area contributed by atoms with Gasteiger partial charge >= 0.3 is 6.36 Å². The molecule has 608 valence electrons. The van der Waals surface area contributed by atoms with E-state index in [1.54, 1.807) is 49.6 Å². The maximum absolute atomic E-state index is 12.7. The third-order valence-corrected chi connectivity index (χ3v) is 24.1. The number of rotatable bonds is 27. The average Bonchev–Trinajstić information content (AvgIpc) is 1.64. The monoisotopic (exact) mass is 1600 g/mol. The van der Waals surface area contributed by atoms with Crippen molar-refractivity contribution in [2.45, 2.75) is 230 Å². The number of hydrogen-bond donors (Lipinski definition) is 4. The lowest BCUT2D eigenvalue weighted by Crippen LogP contribution is -2.28. The standard InChI is InChI=1S/C23H31NO4S.C22H26F3NO3.C22H29NO4S.C20H25NO4S/c1-16(6-7-17-8-11-21(25)22(12-17)28-23(2,3)4)24-14-18-9-10-20(29(5,26)27)13-19(18)15-24;1-15-3-7-18-13-26(14-19(18)11-15)16(2)4-5-17-6-8-20(28-10-9-27)21(12-17)29-22(23,24)25;1-15(2)27-22-11-17(7-10-21(22)24)6-5-16(3)23-13-18-8-9-20(28(4,25)26)12-19(18)14-23;1-14(7-8-15-9-10-18(22)19(11-15)25-2)21-12-16-5-4-6-20(17(16)13-21)26(3,23)24/h8-13,16,25H,6-7,14-15H2,1-5H3;3,6-8,11-12,16,27H,4-5,9-10,13-14H2,1-2H3;7-12,15-16,24H,5-6,13-14H2,1-4H3;4-6,9-11,14,22H,7-8,12-13H2,1-3H3/t3*16-;14-/m1111/s1. The van der Waals surface area contributed by atoms with E-state index in [4.69, 9.17) is 24.1 Å². The van der Waals surface area contributed by atoms with Crippen LogP contribution in [0.1, 0.15) is 160 Å². The molecule has 8 aromatic carbocycles. The van der Waals surface area contributed by atoms with Crippen LogP contribution >= 0.6 is 0 Å². The number of aliphatic hydroxyl groups is 1. The Hall–Kier alpha value is -8.40. The lowest BCUT2D eigenvalue weighted by atomic mass is 10.0. The second-order valence-electron chi connectivity index (χ2n) is 31.4. The summed E-state index contributed by atoms with van der Waals surface area (Å²) in [5.41, 5.74) is 14.4. The first-order valence-electron chi connectivity index (χ1n) is 38.1. The number of aryl methyl sites for hydroxylation is 5. The summed E-state index contributed by atoms with van der Waals surface area (Å²) in [7, 11) is -8.02. The molecule has 25 heteroatoms. The molecule has 8 aromatic rings. The SMILES string of the molecule is CC(C)Oc1cc(CC[C@@H](C)N2Cc3ccc(S(C)(=O)=O)cc3C2)ccc1O.COc1cc(CC[C@@H](C)N2Cc3cccc(S(C)(=O)=O)c3C2)ccc1O.C[C@H](CCc1ccc(O)c(OC(C)(C)C)c1)N1Cc2ccc(S(C)(=O)=O)cc2C1.Cc1ccc2c(c1)CN([C@H](C)CCc1ccc(OCCO)c(OC(F)(F)F)c1)C2. The van der Waals surface area contributed by atoms with Gasteiger partial charge in [-0.2, -0.15) is 0 Å². The van der Waals surface area contributed by atoms with Crippen molar-refractivity contribution < 1.29 is 82.5 Å². The molecule has 0 bridgehead atoms. The molecule has 0 radical (unpaired) electrons. The van der Waals surface area contributed by atoms with Crippen LogP contribution in [0.15, 0.2) is 160 Å². The van der Waals surface area contributed by atoms with Gasteiger partial charge in [0, 0.05) is 95.3 Å². The van der Waals surface area contributed by atoms with E-state index in [1.165, 1.54) is 58.7 Å². The second kappa shape index (κ2) is 37.7. The van der Waals surface area contributed by atoms with Crippen LogP contribution in [0.2, 0.25) is 0 Å². The van der Waals surface area contributed by atoms with Gasteiger partial charge < -0.3 is 44.1 Å². The molecule has 0 aliphatic carbocycles. The normalized spacial score (nSPS) is 15.6. The number of phenols is 3. The Morgan fingerprint density at radius 3 is 1.25 bits per heavy atom. The van der Waals surface area contributed by atoms with Crippen molar-refractivity contribution in [2.24, 2.45) is 0 Å². The van der Waals surface area contributed by atoms with Gasteiger partial charge in [0.05, 0.1) is 34.5 Å². The van der Waals surface area contributed by atoms with Gasteiger partial charge in [-0.15, -0.1) is 13.2 Å². The third-order valence-electron chi connectivity index (χ3n) is 20.7. The van der Waals surface area contributed by atoms with Crippen LogP contribution < -0.4 is 23.7 Å². The number of hydrogen-bond acceptors (Lipinski definition) is 19. The molecule has 4 heterocycles. The number of phenolic OH excluding ortho intramolecular Hbond substituents is 3. The Bertz CT molecular complexity index is 4920. The smallest absolute Gasteiger partial charge is 0.504 e. The van der Waals surface area contributed by atoms with Crippen LogP contribution in [0.3, 0.4) is 0 Å². The van der Waals surface area contributed by atoms with Gasteiger partial charge in [0.25, 0.3) is 0 Å². The highest BCUT2D eigenvalue weighted by Gasteiger charge is 2.34. The van der Waals surface area contributed by atoms with Crippen molar-refractivity contribution in [3.05, 3.63) is 218 Å². The van der Waals surface area contributed by atoms with E-state index in [0.717, 1.165) is 135 Å². The Morgan fingerprint density at radius 2 is 0.821 bits per heavy atom. The van der Waals surface area contributed by atoms with E-state index in [9.17, 15) is 53.7 Å². The lowest BCUT2D eigenvalue weighted by molar-refractivity contribution is -0.275. The highest BCUT2D eigenvalue weighted by Crippen LogP contribution is 2.39. The summed E-state index contributed by atoms with van der Waals surface area (Å²) in [6.45, 7) is 26.6. The van der Waals surface area contributed by atoms with E-state index in [2.05, 4.69) is 77.2 Å². The summed E-state index contributed by atoms with van der Waals surface area (Å²) in [5, 5.41) is 38.5. The predicted octanol–water partition coefficient (Wildman–Crippen LogP) is 16.0. The van der Waals surface area contributed by atoms with E-state index in [-0.39, 0.29) is 53.7 Å². The average molecular weight is 1610 g/mol. The maximum Gasteiger partial charge on any atom is 0.573 e. The number of aromatic hydroxyl groups is 3. The fourth-order valence-electron chi connectivity index (χ4n) is 14.3. The lowest BCUT2D eigenvalue weighted by Gasteiger charge is -2.24. The van der Waals surface area contributed by atoms with Crippen molar-refractivity contribution in [3.8, 4) is 46.0 Å². The van der Waals surface area contributed by atoms with Crippen LogP contribution in [-0.4, -0.2) is 147 Å². The molecule has 0 unspecified atom stereocenters. The molecular weight excluding hydrogens is 1490 g/mol. The van der Waals surface area contributed by atoms with Gasteiger partial charge in [-0.3, -0.25) is 19.6 Å². The quantitative estimate of drug-likeness (QED) is 0.0374. The summed E-state index contributed by atoms with van der Waals surface area (Å²) in [6.07, 6.45) is 5.93. The van der Waals surface area contributed by atoms with Crippen LogP contribution in [0.25, 0.3) is 0 Å². The van der Waals surface area contributed by atoms with Crippen molar-refractivity contribution in [1.29, 1.82) is 0 Å². The molecule has 0 amide bonds. The van der Waals surface area contributed by atoms with E-state index >= 15 is 0 Å². The highest BCUT2D eigenvalue weighted by atomic mass is 32.2. The zero-order chi connectivity index (χ0) is 81.8. The fourth-order valence-corrected chi connectivity index (χ4v) is 16.6. The molecular formula is C87H111F3N4O15S3. The number of nitrogens with zero attached hydrogens (tertiary/aromatic N) is 4. The number of methoxy groups -OCH3 is 1. The number of halogens is 3. The number of fused-ring (bicyclic) bond motifs is 4. The molecule has 4 aliphatic rings. The maximum atomic E-state index is 12.7. The van der Waals surface area contributed by atoms with Crippen molar-refractivity contribution in [3.63, 3.8) is 0 Å². The number of ether oxygens (including phenoxy) is 5. The number of aliphatic hydroxyl groups excluding tert-OH is 1. The fraction of sp³-hybridized carbons (Fsp3) is 0.448. The van der Waals surface area contributed by atoms with Crippen molar-refractivity contribution in [2.75, 3.05) is 39.1 Å². The van der Waals surface area contributed by atoms with Gasteiger partial charge in [0.2, 0.25) is 0 Å². The Balaban J connectivity index is 0.000000172. The molecule has 0 fully saturated rings. The molecule has 112 heavy (non-hydrogen) atoms. The van der Waals surface area contributed by atoms with Gasteiger partial charge in [-0.1, -0.05) is 72.3 Å². The van der Waals surface area contributed by atoms with Crippen LogP contribution in [0.4, 0.5) is 13.2 Å². The number of alkyl halides is 3.